The second kappa shape index (κ2) is 24.6. The van der Waals surface area contributed by atoms with Crippen LogP contribution in [0.5, 0.6) is 11.5 Å². The predicted molar refractivity (Wildman–Crippen MR) is 280 cm³/mol. The molecule has 6 aromatic heterocycles. The lowest BCUT2D eigenvalue weighted by molar-refractivity contribution is 0.220. The van der Waals surface area contributed by atoms with E-state index < -0.39 is 15.0 Å². The predicted octanol–water partition coefficient (Wildman–Crippen LogP) is 3.00. The summed E-state index contributed by atoms with van der Waals surface area (Å²) in [6.07, 6.45) is 8.25. The Kier molecular flexibility index (Phi) is 17.6. The highest BCUT2D eigenvalue weighted by Gasteiger charge is 2.25. The van der Waals surface area contributed by atoms with Gasteiger partial charge in [-0.1, -0.05) is 24.3 Å². The lowest BCUT2D eigenvalue weighted by Crippen LogP contribution is -2.33. The summed E-state index contributed by atoms with van der Waals surface area (Å²) in [5.74, 6) is 4.37. The van der Waals surface area contributed by atoms with Crippen molar-refractivity contribution in [3.8, 4) is 34.7 Å². The second-order valence-electron chi connectivity index (χ2n) is 18.4. The molecule has 394 valence electrons. The molecule has 0 radical (unpaired) electrons. The summed E-state index contributed by atoms with van der Waals surface area (Å²) in [7, 11) is 5.05. The first-order valence-corrected chi connectivity index (χ1v) is 26.3. The molecular formula is C49H66N18O6S. The summed E-state index contributed by atoms with van der Waals surface area (Å²) in [6.45, 7) is 9.37. The summed E-state index contributed by atoms with van der Waals surface area (Å²) in [5, 5.41) is 11.2. The Morgan fingerprint density at radius 2 is 1.15 bits per heavy atom. The van der Waals surface area contributed by atoms with E-state index in [9.17, 15) is 8.42 Å². The first-order valence-electron chi connectivity index (χ1n) is 24.4. The molecule has 2 saturated heterocycles. The third-order valence-corrected chi connectivity index (χ3v) is 13.4. The van der Waals surface area contributed by atoms with Gasteiger partial charge in [0.1, 0.15) is 24.7 Å². The van der Waals surface area contributed by atoms with Crippen molar-refractivity contribution in [3.63, 3.8) is 0 Å². The van der Waals surface area contributed by atoms with Crippen LogP contribution in [0.3, 0.4) is 0 Å². The van der Waals surface area contributed by atoms with Crippen molar-refractivity contribution in [1.82, 2.24) is 68.7 Å². The van der Waals surface area contributed by atoms with E-state index in [0.29, 0.717) is 60.9 Å². The average Bonchev–Trinajstić information content (AvgIpc) is 4.24. The number of hydrogen-bond donors (Lipinski definition) is 4. The molecule has 2 fully saturated rings. The Bertz CT molecular complexity index is 3110. The Morgan fingerprint density at radius 1 is 0.662 bits per heavy atom. The number of anilines is 3. The number of benzene rings is 2. The summed E-state index contributed by atoms with van der Waals surface area (Å²) >= 11 is 0. The first-order chi connectivity index (χ1) is 35.7. The number of ether oxygens (including phenoxy) is 2. The zero-order chi connectivity index (χ0) is 52.2. The summed E-state index contributed by atoms with van der Waals surface area (Å²) in [5.41, 5.74) is 19.7. The minimum Gasteiger partial charge on any atom is -0.492 e. The third kappa shape index (κ3) is 14.3. The monoisotopic (exact) mass is 1030 g/mol. The minimum absolute atomic E-state index is 0.0410. The van der Waals surface area contributed by atoms with Crippen molar-refractivity contribution in [1.29, 1.82) is 0 Å². The maximum atomic E-state index is 11.4. The maximum absolute atomic E-state index is 11.4. The van der Waals surface area contributed by atoms with Crippen LogP contribution in [0.25, 0.3) is 34.7 Å². The Morgan fingerprint density at radius 3 is 1.59 bits per heavy atom. The largest absolute Gasteiger partial charge is 0.492 e. The Hall–Kier alpha value is -7.29. The van der Waals surface area contributed by atoms with E-state index in [1.807, 2.05) is 24.3 Å². The molecular weight excluding hydrogens is 969 g/mol. The second-order valence-corrected chi connectivity index (χ2v) is 20.3. The van der Waals surface area contributed by atoms with Crippen LogP contribution in [0.15, 0.2) is 99.3 Å². The first kappa shape index (κ1) is 53.0. The van der Waals surface area contributed by atoms with Crippen LogP contribution in [0.1, 0.15) is 24.0 Å². The molecule has 2 aromatic carbocycles. The van der Waals surface area contributed by atoms with E-state index in [1.54, 1.807) is 30.5 Å². The fourth-order valence-corrected chi connectivity index (χ4v) is 8.81. The average molecular weight is 1040 g/mol. The van der Waals surface area contributed by atoms with E-state index in [2.05, 4.69) is 117 Å². The number of nitrogen functional groups attached to an aromatic ring is 2. The van der Waals surface area contributed by atoms with Crippen molar-refractivity contribution in [2.45, 2.75) is 42.9 Å². The van der Waals surface area contributed by atoms with Crippen LogP contribution in [-0.2, 0) is 22.7 Å². The van der Waals surface area contributed by atoms with Gasteiger partial charge in [-0.25, -0.2) is 8.42 Å². The zero-order valence-electron chi connectivity index (χ0n) is 42.5. The molecule has 0 bridgehead atoms. The number of fused-ring (bicyclic) bond motifs is 2. The number of nitrogens with one attached hydrogen (secondary N) is 1. The lowest BCUT2D eigenvalue weighted by atomic mass is 10.1. The maximum Gasteiger partial charge on any atom is 0.259 e. The van der Waals surface area contributed by atoms with Crippen LogP contribution in [0.2, 0.25) is 0 Å². The van der Waals surface area contributed by atoms with E-state index in [-0.39, 0.29) is 23.5 Å². The fraction of sp³-hybridized carbons (Fsp3) is 0.429. The van der Waals surface area contributed by atoms with Gasteiger partial charge in [0.2, 0.25) is 39.3 Å². The van der Waals surface area contributed by atoms with Gasteiger partial charge in [0, 0.05) is 51.1 Å². The quantitative estimate of drug-likeness (QED) is 0.0905. The molecule has 8 aromatic rings. The van der Waals surface area contributed by atoms with E-state index in [1.165, 1.54) is 41.3 Å². The van der Waals surface area contributed by atoms with Gasteiger partial charge in [-0.2, -0.15) is 38.9 Å². The van der Waals surface area contributed by atoms with Gasteiger partial charge >= 0.3 is 0 Å². The van der Waals surface area contributed by atoms with Gasteiger partial charge in [0.25, 0.3) is 16.7 Å². The normalized spacial score (nSPS) is 16.2. The van der Waals surface area contributed by atoms with Crippen molar-refractivity contribution < 1.29 is 26.7 Å². The van der Waals surface area contributed by atoms with E-state index in [4.69, 9.17) is 35.5 Å². The van der Waals surface area contributed by atoms with Gasteiger partial charge in [-0.05, 0) is 133 Å². The number of likely N-dealkylation sites (tertiary alicyclic amines) is 2. The van der Waals surface area contributed by atoms with Gasteiger partial charge < -0.3 is 50.6 Å². The molecule has 7 N–H and O–H groups in total. The summed E-state index contributed by atoms with van der Waals surface area (Å²) < 4.78 is 47.6. The van der Waals surface area contributed by atoms with Crippen molar-refractivity contribution in [3.05, 3.63) is 96.4 Å². The molecule has 2 aliphatic rings. The Labute approximate surface area is 429 Å². The van der Waals surface area contributed by atoms with Crippen molar-refractivity contribution >= 4 is 39.2 Å². The molecule has 74 heavy (non-hydrogen) atoms. The van der Waals surface area contributed by atoms with Crippen LogP contribution in [0, 0.1) is 0 Å². The van der Waals surface area contributed by atoms with Crippen LogP contribution in [-0.4, -0.2) is 189 Å². The van der Waals surface area contributed by atoms with Crippen molar-refractivity contribution in [2.75, 3.05) is 117 Å². The molecule has 25 heteroatoms. The number of nitrogens with zero attached hydrogens (tertiary/aromatic N) is 14. The Balaban J connectivity index is 0.000000159. The van der Waals surface area contributed by atoms with Gasteiger partial charge in [-0.15, -0.1) is 10.2 Å². The van der Waals surface area contributed by atoms with Gasteiger partial charge in [0.05, 0.1) is 12.5 Å². The van der Waals surface area contributed by atoms with Crippen LogP contribution < -0.4 is 32.0 Å². The SMILES string of the molecule is CN(C)[C@H]1CCN(CCOc2ccc(CCN)cc2)C1.CN(C)[C@H]1CCN(CCOc2ccc(CCNc3nc(N)n4nc(-c5ccco5)nc4n3)cc2)C1.CS(=O)(=O)c1nc(N)n2nc(-c3ccco3)nc2n1. The van der Waals surface area contributed by atoms with Crippen LogP contribution >= 0.6 is 0 Å². The van der Waals surface area contributed by atoms with Gasteiger partial charge in [-0.3, -0.25) is 9.80 Å². The molecule has 0 spiro atoms. The molecule has 10 rings (SSSR count). The number of likely N-dealkylation sites (N-methyl/N-ethyl adjacent to an activating group) is 2. The van der Waals surface area contributed by atoms with E-state index >= 15 is 0 Å². The molecule has 0 aliphatic carbocycles. The number of furan rings is 2. The highest BCUT2D eigenvalue weighted by atomic mass is 32.2. The van der Waals surface area contributed by atoms with Crippen LogP contribution in [0.4, 0.5) is 17.8 Å². The van der Waals surface area contributed by atoms with E-state index in [0.717, 1.165) is 74.4 Å². The number of hydrogen-bond acceptors (Lipinski definition) is 22. The third-order valence-electron chi connectivity index (χ3n) is 12.5. The number of aromatic nitrogens is 10. The highest BCUT2D eigenvalue weighted by Crippen LogP contribution is 2.21. The molecule has 2 aliphatic heterocycles. The molecule has 8 heterocycles. The number of nitrogens with two attached hydrogens (primary N) is 3. The van der Waals surface area contributed by atoms with Crippen molar-refractivity contribution in [2.24, 2.45) is 5.73 Å². The molecule has 2 atom stereocenters. The minimum atomic E-state index is -3.57. The smallest absolute Gasteiger partial charge is 0.259 e. The van der Waals surface area contributed by atoms with Gasteiger partial charge in [0.15, 0.2) is 11.5 Å². The topological polar surface area (TPSA) is 294 Å². The number of rotatable bonds is 19. The molecule has 0 amide bonds. The summed E-state index contributed by atoms with van der Waals surface area (Å²) in [4.78, 5) is 34.2. The lowest BCUT2D eigenvalue weighted by Gasteiger charge is -2.20. The molecule has 0 saturated carbocycles. The number of sulfone groups is 1. The zero-order valence-corrected chi connectivity index (χ0v) is 43.3. The summed E-state index contributed by atoms with van der Waals surface area (Å²) in [6, 6.07) is 24.7. The fourth-order valence-electron chi connectivity index (χ4n) is 8.31. The standard InChI is InChI=1S/C24H31N9O2.C16H27N3O.C9H8N6O3S/c1-31(2)18-10-12-32(16-18)13-15-34-19-7-5-17(6-8-19)9-11-26-23-28-22(25)33-24(29-23)27-21(30-33)20-4-3-14-35-20;1-18(2)15-8-10-19(13-15)11-12-20-16-5-3-14(4-6-16)7-9-17;1-19(16,17)9-12-7(10)15-8(13-9)11-6(14-15)5-3-2-4-18-5/h3-8,14,18H,9-13,15-16H2,1-2H3,(H3,25,26,27,28,29,30);3-6,15H,7-13,17H2,1-2H3;2-4H,1H3,(H2,10,11,12,13,14)/t18-;15-;/m00./s1. The molecule has 0 unspecified atom stereocenters. The highest BCUT2D eigenvalue weighted by molar-refractivity contribution is 7.90. The molecule has 24 nitrogen and oxygen atoms in total.